The molecule has 1 aliphatic rings. The van der Waals surface area contributed by atoms with Gasteiger partial charge in [0.05, 0.1) is 5.69 Å². The highest BCUT2D eigenvalue weighted by Crippen LogP contribution is 2.28. The Morgan fingerprint density at radius 3 is 2.45 bits per heavy atom. The molecule has 0 saturated carbocycles. The number of nitrogens with one attached hydrogen (secondary N) is 1. The lowest BCUT2D eigenvalue weighted by atomic mass is 9.84. The van der Waals surface area contributed by atoms with Crippen molar-refractivity contribution < 1.29 is 18.4 Å². The topological polar surface area (TPSA) is 49.4 Å². The zero-order valence-corrected chi connectivity index (χ0v) is 11.5. The number of nitrogens with zero attached hydrogens (tertiary/aromatic N) is 1. The van der Waals surface area contributed by atoms with E-state index in [9.17, 15) is 18.4 Å². The lowest BCUT2D eigenvalue weighted by Gasteiger charge is -2.38. The molecule has 0 radical (unpaired) electrons. The van der Waals surface area contributed by atoms with Crippen LogP contribution in [-0.4, -0.2) is 24.4 Å². The first kappa shape index (κ1) is 14.4. The van der Waals surface area contributed by atoms with E-state index in [2.05, 4.69) is 5.32 Å². The molecule has 1 fully saturated rings. The first-order valence-electron chi connectivity index (χ1n) is 6.26. The smallest absolute Gasteiger partial charge is 0.250 e. The summed E-state index contributed by atoms with van der Waals surface area (Å²) in [5.74, 6) is -2.36. The highest BCUT2D eigenvalue weighted by atomic mass is 19.1. The zero-order valence-electron chi connectivity index (χ0n) is 11.5. The van der Waals surface area contributed by atoms with Gasteiger partial charge in [-0.15, -0.1) is 0 Å². The number of halogens is 2. The Bertz CT molecular complexity index is 567. The van der Waals surface area contributed by atoms with Gasteiger partial charge in [-0.2, -0.15) is 0 Å². The molecule has 1 saturated heterocycles. The summed E-state index contributed by atoms with van der Waals surface area (Å²) in [5.41, 5.74) is -0.581. The third-order valence-electron chi connectivity index (χ3n) is 3.19. The van der Waals surface area contributed by atoms with Gasteiger partial charge in [0.1, 0.15) is 24.2 Å². The first-order valence-corrected chi connectivity index (χ1v) is 6.26. The summed E-state index contributed by atoms with van der Waals surface area (Å²) >= 11 is 0. The average molecular weight is 282 g/mol. The van der Waals surface area contributed by atoms with Gasteiger partial charge < -0.3 is 5.32 Å². The van der Waals surface area contributed by atoms with Crippen molar-refractivity contribution in [2.75, 3.05) is 11.4 Å². The third kappa shape index (κ3) is 2.64. The number of rotatable bonds is 1. The van der Waals surface area contributed by atoms with E-state index in [0.717, 1.165) is 11.0 Å². The van der Waals surface area contributed by atoms with E-state index in [4.69, 9.17) is 0 Å². The second kappa shape index (κ2) is 4.85. The summed E-state index contributed by atoms with van der Waals surface area (Å²) < 4.78 is 26.7. The lowest BCUT2D eigenvalue weighted by Crippen LogP contribution is -2.62. The van der Waals surface area contributed by atoms with Crippen molar-refractivity contribution in [3.8, 4) is 0 Å². The third-order valence-corrected chi connectivity index (χ3v) is 3.19. The van der Waals surface area contributed by atoms with Gasteiger partial charge in [0, 0.05) is 6.07 Å². The number of hydrogen-bond donors (Lipinski definition) is 1. The summed E-state index contributed by atoms with van der Waals surface area (Å²) in [4.78, 5) is 25.2. The predicted octanol–water partition coefficient (Wildman–Crippen LogP) is 1.84. The van der Waals surface area contributed by atoms with E-state index in [1.165, 1.54) is 6.07 Å². The van der Waals surface area contributed by atoms with Gasteiger partial charge in [0.15, 0.2) is 0 Å². The Balaban J connectivity index is 2.40. The molecule has 0 aromatic heterocycles. The molecule has 1 N–H and O–H groups in total. The molecule has 20 heavy (non-hydrogen) atoms. The molecule has 0 bridgehead atoms. The molecule has 0 spiro atoms. The number of carbonyl (C=O) groups is 2. The standard InChI is InChI=1S/C14H16F2N2O2/c1-14(2,3)12-13(20)18(7-11(19)17-12)10-5-4-8(15)6-9(10)16/h4-6,12H,7H2,1-3H3,(H,17,19). The number of anilines is 1. The Labute approximate surface area is 115 Å². The van der Waals surface area contributed by atoms with Crippen LogP contribution < -0.4 is 10.2 Å². The van der Waals surface area contributed by atoms with Crippen molar-refractivity contribution in [3.63, 3.8) is 0 Å². The summed E-state index contributed by atoms with van der Waals surface area (Å²) in [6, 6.07) is 2.18. The summed E-state index contributed by atoms with van der Waals surface area (Å²) in [5, 5.41) is 2.61. The van der Waals surface area contributed by atoms with Crippen LogP contribution in [0.1, 0.15) is 20.8 Å². The Morgan fingerprint density at radius 1 is 1.25 bits per heavy atom. The fraction of sp³-hybridized carbons (Fsp3) is 0.429. The first-order chi connectivity index (χ1) is 9.20. The highest BCUT2D eigenvalue weighted by molar-refractivity contribution is 6.07. The van der Waals surface area contributed by atoms with Gasteiger partial charge in [-0.3, -0.25) is 14.5 Å². The minimum atomic E-state index is -0.860. The maximum atomic E-state index is 13.8. The molecule has 1 aromatic rings. The van der Waals surface area contributed by atoms with Crippen molar-refractivity contribution in [3.05, 3.63) is 29.8 Å². The molecule has 4 nitrogen and oxygen atoms in total. The van der Waals surface area contributed by atoms with Gasteiger partial charge in [0.2, 0.25) is 5.91 Å². The van der Waals surface area contributed by atoms with E-state index in [1.807, 2.05) is 0 Å². The van der Waals surface area contributed by atoms with Crippen LogP contribution in [0, 0.1) is 17.0 Å². The van der Waals surface area contributed by atoms with E-state index >= 15 is 0 Å². The van der Waals surface area contributed by atoms with Gasteiger partial charge >= 0.3 is 0 Å². The fourth-order valence-corrected chi connectivity index (χ4v) is 2.14. The molecule has 108 valence electrons. The maximum Gasteiger partial charge on any atom is 0.250 e. The van der Waals surface area contributed by atoms with Crippen molar-refractivity contribution in [2.45, 2.75) is 26.8 Å². The van der Waals surface area contributed by atoms with Crippen LogP contribution >= 0.6 is 0 Å². The lowest BCUT2D eigenvalue weighted by molar-refractivity contribution is -0.133. The van der Waals surface area contributed by atoms with Gasteiger partial charge in [-0.25, -0.2) is 8.78 Å². The fourth-order valence-electron chi connectivity index (χ4n) is 2.14. The van der Waals surface area contributed by atoms with Crippen molar-refractivity contribution in [1.82, 2.24) is 5.32 Å². The molecule has 6 heteroatoms. The van der Waals surface area contributed by atoms with Crippen LogP contribution in [0.15, 0.2) is 18.2 Å². The largest absolute Gasteiger partial charge is 0.342 e. The summed E-state index contributed by atoms with van der Waals surface area (Å²) in [7, 11) is 0. The van der Waals surface area contributed by atoms with Crippen LogP contribution in [0.5, 0.6) is 0 Å². The molecule has 1 aromatic carbocycles. The zero-order chi connectivity index (χ0) is 15.1. The molecule has 1 unspecified atom stereocenters. The van der Waals surface area contributed by atoms with E-state index in [1.54, 1.807) is 20.8 Å². The molecular weight excluding hydrogens is 266 g/mol. The molecule has 2 amide bonds. The van der Waals surface area contributed by atoms with Gasteiger partial charge in [-0.1, -0.05) is 20.8 Å². The van der Waals surface area contributed by atoms with Crippen LogP contribution in [0.25, 0.3) is 0 Å². The molecule has 1 atom stereocenters. The minimum absolute atomic E-state index is 0.0829. The number of carbonyl (C=O) groups excluding carboxylic acids is 2. The van der Waals surface area contributed by atoms with Gasteiger partial charge in [-0.05, 0) is 17.5 Å². The van der Waals surface area contributed by atoms with E-state index in [-0.39, 0.29) is 18.1 Å². The van der Waals surface area contributed by atoms with Crippen molar-refractivity contribution in [1.29, 1.82) is 0 Å². The normalized spacial score (nSPS) is 20.1. The van der Waals surface area contributed by atoms with Gasteiger partial charge in [0.25, 0.3) is 5.91 Å². The Hall–Kier alpha value is -1.98. The van der Waals surface area contributed by atoms with Crippen LogP contribution in [0.4, 0.5) is 14.5 Å². The molecule has 1 heterocycles. The predicted molar refractivity (Wildman–Crippen MR) is 70.1 cm³/mol. The van der Waals surface area contributed by atoms with Crippen LogP contribution in [0.3, 0.4) is 0 Å². The maximum absolute atomic E-state index is 13.8. The van der Waals surface area contributed by atoms with E-state index in [0.29, 0.717) is 6.07 Å². The monoisotopic (exact) mass is 282 g/mol. The second-order valence-corrected chi connectivity index (χ2v) is 5.89. The number of piperazine rings is 1. The van der Waals surface area contributed by atoms with Crippen molar-refractivity contribution in [2.24, 2.45) is 5.41 Å². The SMILES string of the molecule is CC(C)(C)C1NC(=O)CN(c2ccc(F)cc2F)C1=O. The van der Waals surface area contributed by atoms with Crippen molar-refractivity contribution >= 4 is 17.5 Å². The summed E-state index contributed by atoms with van der Waals surface area (Å²) in [6.07, 6.45) is 0. The number of hydrogen-bond acceptors (Lipinski definition) is 2. The molecule has 2 rings (SSSR count). The number of amides is 2. The number of benzene rings is 1. The molecule has 1 aliphatic heterocycles. The highest BCUT2D eigenvalue weighted by Gasteiger charge is 2.41. The van der Waals surface area contributed by atoms with Crippen LogP contribution in [-0.2, 0) is 9.59 Å². The van der Waals surface area contributed by atoms with Crippen LogP contribution in [0.2, 0.25) is 0 Å². The van der Waals surface area contributed by atoms with E-state index < -0.39 is 29.0 Å². The minimum Gasteiger partial charge on any atom is -0.342 e. The molecule has 0 aliphatic carbocycles. The molecular formula is C14H16F2N2O2. The Kier molecular flexibility index (Phi) is 3.50. The second-order valence-electron chi connectivity index (χ2n) is 5.89. The summed E-state index contributed by atoms with van der Waals surface area (Å²) in [6.45, 7) is 5.15. The quantitative estimate of drug-likeness (QED) is 0.854. The average Bonchev–Trinajstić information content (AvgIpc) is 2.31. The Morgan fingerprint density at radius 2 is 1.90 bits per heavy atom.